The number of carbonyl (C=O) groups excluding carboxylic acids is 1. The van der Waals surface area contributed by atoms with Crippen LogP contribution in [0.2, 0.25) is 0 Å². The third kappa shape index (κ3) is 2.99. The van der Waals surface area contributed by atoms with Crippen molar-refractivity contribution < 1.29 is 9.90 Å². The van der Waals surface area contributed by atoms with E-state index in [1.807, 2.05) is 18.7 Å². The number of rotatable bonds is 3. The van der Waals surface area contributed by atoms with Crippen molar-refractivity contribution in [2.24, 2.45) is 5.73 Å². The summed E-state index contributed by atoms with van der Waals surface area (Å²) >= 11 is 0. The molecule has 0 aromatic heterocycles. The Labute approximate surface area is 103 Å². The predicted octanol–water partition coefficient (Wildman–Crippen LogP) is 1.02. The molecule has 3 N–H and O–H groups in total. The maximum Gasteiger partial charge on any atom is 0.223 e. The molecule has 2 bridgehead atoms. The van der Waals surface area contributed by atoms with E-state index in [1.54, 1.807) is 0 Å². The molecule has 0 saturated carbocycles. The lowest BCUT2D eigenvalue weighted by molar-refractivity contribution is -0.137. The van der Waals surface area contributed by atoms with Crippen molar-refractivity contribution in [3.05, 3.63) is 0 Å². The highest BCUT2D eigenvalue weighted by molar-refractivity contribution is 5.77. The van der Waals surface area contributed by atoms with Crippen LogP contribution < -0.4 is 5.73 Å². The number of hydrogen-bond acceptors (Lipinski definition) is 3. The number of nitrogens with two attached hydrogens (primary N) is 1. The van der Waals surface area contributed by atoms with Gasteiger partial charge in [-0.25, -0.2) is 0 Å². The Morgan fingerprint density at radius 2 is 1.88 bits per heavy atom. The molecular formula is C13H24N2O2. The zero-order valence-corrected chi connectivity index (χ0v) is 10.9. The van der Waals surface area contributed by atoms with Gasteiger partial charge in [0.2, 0.25) is 5.91 Å². The van der Waals surface area contributed by atoms with E-state index in [0.717, 1.165) is 32.1 Å². The fourth-order valence-corrected chi connectivity index (χ4v) is 3.11. The van der Waals surface area contributed by atoms with Crippen LogP contribution in [-0.2, 0) is 4.79 Å². The van der Waals surface area contributed by atoms with E-state index in [4.69, 9.17) is 5.73 Å². The molecule has 0 aromatic rings. The molecule has 4 nitrogen and oxygen atoms in total. The van der Waals surface area contributed by atoms with Gasteiger partial charge >= 0.3 is 0 Å². The van der Waals surface area contributed by atoms with Gasteiger partial charge in [0.05, 0.1) is 6.10 Å². The summed E-state index contributed by atoms with van der Waals surface area (Å²) in [5.74, 6) is 0.225. The minimum Gasteiger partial charge on any atom is -0.393 e. The Kier molecular flexibility index (Phi) is 3.46. The van der Waals surface area contributed by atoms with E-state index < -0.39 is 0 Å². The van der Waals surface area contributed by atoms with Gasteiger partial charge in [-0.3, -0.25) is 4.79 Å². The van der Waals surface area contributed by atoms with Gasteiger partial charge in [-0.1, -0.05) is 0 Å². The van der Waals surface area contributed by atoms with Gasteiger partial charge in [-0.2, -0.15) is 0 Å². The van der Waals surface area contributed by atoms with Crippen LogP contribution in [0.4, 0.5) is 0 Å². The summed E-state index contributed by atoms with van der Waals surface area (Å²) in [4.78, 5) is 14.2. The minimum absolute atomic E-state index is 0.206. The molecule has 2 aliphatic rings. The van der Waals surface area contributed by atoms with Gasteiger partial charge in [-0.05, 0) is 46.0 Å². The van der Waals surface area contributed by atoms with Crippen molar-refractivity contribution in [1.82, 2.24) is 4.90 Å². The molecule has 0 aliphatic carbocycles. The molecule has 2 atom stereocenters. The lowest BCUT2D eigenvalue weighted by atomic mass is 9.96. The highest BCUT2D eigenvalue weighted by Gasteiger charge is 2.42. The van der Waals surface area contributed by atoms with E-state index >= 15 is 0 Å². The monoisotopic (exact) mass is 240 g/mol. The van der Waals surface area contributed by atoms with Gasteiger partial charge in [0.15, 0.2) is 0 Å². The molecule has 0 spiro atoms. The molecule has 1 amide bonds. The molecule has 2 aliphatic heterocycles. The molecule has 2 fully saturated rings. The van der Waals surface area contributed by atoms with Gasteiger partial charge in [0, 0.05) is 24.0 Å². The van der Waals surface area contributed by atoms with Crippen LogP contribution in [0.15, 0.2) is 0 Å². The molecule has 2 heterocycles. The number of piperidine rings is 1. The van der Waals surface area contributed by atoms with E-state index in [9.17, 15) is 9.90 Å². The quantitative estimate of drug-likeness (QED) is 0.774. The van der Waals surface area contributed by atoms with Crippen LogP contribution in [-0.4, -0.2) is 39.6 Å². The van der Waals surface area contributed by atoms with Gasteiger partial charge < -0.3 is 15.7 Å². The normalized spacial score (nSPS) is 32.9. The average molecular weight is 240 g/mol. The fraction of sp³-hybridized carbons (Fsp3) is 0.923. The minimum atomic E-state index is -0.274. The molecule has 17 heavy (non-hydrogen) atoms. The second-order valence-corrected chi connectivity index (χ2v) is 6.30. The molecule has 2 saturated heterocycles. The predicted molar refractivity (Wildman–Crippen MR) is 66.4 cm³/mol. The first-order valence-electron chi connectivity index (χ1n) is 6.65. The van der Waals surface area contributed by atoms with Gasteiger partial charge in [0.25, 0.3) is 0 Å². The zero-order valence-electron chi connectivity index (χ0n) is 10.9. The van der Waals surface area contributed by atoms with Crippen LogP contribution in [0, 0.1) is 0 Å². The Bertz CT molecular complexity index is 284. The van der Waals surface area contributed by atoms with Crippen molar-refractivity contribution in [1.29, 1.82) is 0 Å². The third-order valence-electron chi connectivity index (χ3n) is 3.98. The summed E-state index contributed by atoms with van der Waals surface area (Å²) in [6.07, 6.45) is 4.68. The van der Waals surface area contributed by atoms with Crippen LogP contribution in [0.3, 0.4) is 0 Å². The first-order valence-corrected chi connectivity index (χ1v) is 6.65. The number of amides is 1. The molecule has 0 radical (unpaired) electrons. The van der Waals surface area contributed by atoms with Crippen molar-refractivity contribution in [3.63, 3.8) is 0 Å². The fourth-order valence-electron chi connectivity index (χ4n) is 3.11. The number of aliphatic hydroxyl groups is 1. The highest BCUT2D eigenvalue weighted by Crippen LogP contribution is 2.36. The van der Waals surface area contributed by atoms with Gasteiger partial charge in [0.1, 0.15) is 0 Å². The summed E-state index contributed by atoms with van der Waals surface area (Å²) in [5, 5.41) is 9.69. The summed E-state index contributed by atoms with van der Waals surface area (Å²) in [7, 11) is 0. The summed E-state index contributed by atoms with van der Waals surface area (Å²) in [6, 6.07) is 0.550. The summed E-state index contributed by atoms with van der Waals surface area (Å²) in [6.45, 7) is 3.91. The Morgan fingerprint density at radius 3 is 2.35 bits per heavy atom. The van der Waals surface area contributed by atoms with E-state index in [2.05, 4.69) is 0 Å². The van der Waals surface area contributed by atoms with Crippen molar-refractivity contribution in [2.45, 2.75) is 76.1 Å². The van der Waals surface area contributed by atoms with Crippen molar-refractivity contribution in [3.8, 4) is 0 Å². The van der Waals surface area contributed by atoms with Crippen LogP contribution in [0.5, 0.6) is 0 Å². The number of nitrogens with zero attached hydrogens (tertiary/aromatic N) is 1. The standard InChI is InChI=1S/C13H24N2O2/c1-13(2,14)6-5-12(17)15-9-3-4-10(15)8-11(16)7-9/h9-11,16H,3-8,14H2,1-2H3. The number of hydrogen-bond donors (Lipinski definition) is 2. The topological polar surface area (TPSA) is 66.6 Å². The second-order valence-electron chi connectivity index (χ2n) is 6.30. The Balaban J connectivity index is 1.92. The zero-order chi connectivity index (χ0) is 12.6. The van der Waals surface area contributed by atoms with E-state index in [1.165, 1.54) is 0 Å². The maximum atomic E-state index is 12.2. The highest BCUT2D eigenvalue weighted by atomic mass is 16.3. The smallest absolute Gasteiger partial charge is 0.223 e. The van der Waals surface area contributed by atoms with Gasteiger partial charge in [-0.15, -0.1) is 0 Å². The second kappa shape index (κ2) is 4.58. The van der Waals surface area contributed by atoms with E-state index in [-0.39, 0.29) is 29.6 Å². The summed E-state index contributed by atoms with van der Waals surface area (Å²) < 4.78 is 0. The molecule has 98 valence electrons. The first-order chi connectivity index (χ1) is 7.87. The Morgan fingerprint density at radius 1 is 1.35 bits per heavy atom. The third-order valence-corrected chi connectivity index (χ3v) is 3.98. The van der Waals surface area contributed by atoms with Crippen molar-refractivity contribution in [2.75, 3.05) is 0 Å². The average Bonchev–Trinajstić information content (AvgIpc) is 2.47. The Hall–Kier alpha value is -0.610. The number of carbonyl (C=O) groups is 1. The molecule has 4 heteroatoms. The molecule has 2 rings (SSSR count). The van der Waals surface area contributed by atoms with Crippen LogP contribution >= 0.6 is 0 Å². The molecule has 2 unspecified atom stereocenters. The van der Waals surface area contributed by atoms with E-state index in [0.29, 0.717) is 6.42 Å². The number of fused-ring (bicyclic) bond motifs is 2. The van der Waals surface area contributed by atoms with Crippen LogP contribution in [0.1, 0.15) is 52.4 Å². The summed E-state index contributed by atoms with van der Waals surface area (Å²) in [5.41, 5.74) is 5.64. The first kappa shape index (κ1) is 12.8. The maximum absolute atomic E-state index is 12.2. The number of aliphatic hydroxyl groups excluding tert-OH is 1. The van der Waals surface area contributed by atoms with Crippen LogP contribution in [0.25, 0.3) is 0 Å². The lowest BCUT2D eigenvalue weighted by Crippen LogP contribution is -2.48. The molecular weight excluding hydrogens is 216 g/mol. The SMILES string of the molecule is CC(C)(N)CCC(=O)N1C2CCC1CC(O)C2. The van der Waals surface area contributed by atoms with Crippen molar-refractivity contribution >= 4 is 5.91 Å². The largest absolute Gasteiger partial charge is 0.393 e. The molecule has 0 aromatic carbocycles. The lowest BCUT2D eigenvalue weighted by Gasteiger charge is -2.37.